The molecule has 1 aliphatic rings. The lowest BCUT2D eigenvalue weighted by Crippen LogP contribution is -2.13. The maximum atomic E-state index is 11.5. The highest BCUT2D eigenvalue weighted by molar-refractivity contribution is 5.90. The molecule has 17 heavy (non-hydrogen) atoms. The fourth-order valence-electron chi connectivity index (χ4n) is 2.17. The predicted molar refractivity (Wildman–Crippen MR) is 61.6 cm³/mol. The quantitative estimate of drug-likeness (QED) is 0.749. The van der Waals surface area contributed by atoms with Crippen molar-refractivity contribution >= 4 is 5.97 Å². The maximum absolute atomic E-state index is 11.5. The Morgan fingerprint density at radius 3 is 2.88 bits per heavy atom. The summed E-state index contributed by atoms with van der Waals surface area (Å²) in [6, 6.07) is 0. The Morgan fingerprint density at radius 1 is 1.53 bits per heavy atom. The molecule has 1 aromatic heterocycles. The summed E-state index contributed by atoms with van der Waals surface area (Å²) >= 11 is 0. The van der Waals surface area contributed by atoms with Crippen molar-refractivity contribution < 1.29 is 14.3 Å². The fraction of sp³-hybridized carbons (Fsp3) is 0.667. The molecule has 0 spiro atoms. The van der Waals surface area contributed by atoms with Crippen LogP contribution >= 0.6 is 0 Å². The minimum absolute atomic E-state index is 0.329. The Kier molecular flexibility index (Phi) is 3.78. The first kappa shape index (κ1) is 12.1. The van der Waals surface area contributed by atoms with E-state index < -0.39 is 0 Å². The zero-order valence-electron chi connectivity index (χ0n) is 10.3. The van der Waals surface area contributed by atoms with Crippen LogP contribution in [0.15, 0.2) is 6.20 Å². The highest BCUT2D eigenvalue weighted by Crippen LogP contribution is 2.22. The van der Waals surface area contributed by atoms with Crippen molar-refractivity contribution in [2.24, 2.45) is 7.05 Å². The van der Waals surface area contributed by atoms with Gasteiger partial charge in [-0.25, -0.2) is 4.79 Å². The molecule has 0 saturated heterocycles. The molecule has 0 bridgehead atoms. The van der Waals surface area contributed by atoms with Crippen molar-refractivity contribution in [1.29, 1.82) is 0 Å². The molecule has 5 nitrogen and oxygen atoms in total. The van der Waals surface area contributed by atoms with E-state index in [1.165, 1.54) is 26.1 Å². The minimum atomic E-state index is -0.358. The van der Waals surface area contributed by atoms with Crippen LogP contribution in [0, 0.1) is 0 Å². The average molecular weight is 238 g/mol. The van der Waals surface area contributed by atoms with Gasteiger partial charge in [-0.1, -0.05) is 12.8 Å². The average Bonchev–Trinajstić information content (AvgIpc) is 2.95. The van der Waals surface area contributed by atoms with E-state index in [1.54, 1.807) is 11.7 Å². The van der Waals surface area contributed by atoms with Crippen molar-refractivity contribution in [3.8, 4) is 0 Å². The molecule has 1 heterocycles. The summed E-state index contributed by atoms with van der Waals surface area (Å²) in [5.41, 5.74) is 1.27. The molecular weight excluding hydrogens is 220 g/mol. The number of ether oxygens (including phenoxy) is 2. The van der Waals surface area contributed by atoms with Crippen LogP contribution in [0.2, 0.25) is 0 Å². The van der Waals surface area contributed by atoms with Gasteiger partial charge < -0.3 is 9.47 Å². The molecule has 1 aromatic rings. The number of aromatic nitrogens is 2. The molecule has 1 aliphatic carbocycles. The first-order valence-electron chi connectivity index (χ1n) is 5.93. The largest absolute Gasteiger partial charge is 0.465 e. The summed E-state index contributed by atoms with van der Waals surface area (Å²) in [6.45, 7) is 0.422. The number of hydrogen-bond acceptors (Lipinski definition) is 4. The highest BCUT2D eigenvalue weighted by atomic mass is 16.5. The molecule has 0 radical (unpaired) electrons. The third-order valence-electron chi connectivity index (χ3n) is 3.22. The highest BCUT2D eigenvalue weighted by Gasteiger charge is 2.20. The van der Waals surface area contributed by atoms with E-state index in [2.05, 4.69) is 5.10 Å². The van der Waals surface area contributed by atoms with E-state index in [-0.39, 0.29) is 5.97 Å². The van der Waals surface area contributed by atoms with Crippen molar-refractivity contribution in [3.63, 3.8) is 0 Å². The van der Waals surface area contributed by atoms with Crippen molar-refractivity contribution in [2.75, 3.05) is 7.11 Å². The van der Waals surface area contributed by atoms with Gasteiger partial charge in [-0.2, -0.15) is 5.10 Å². The molecule has 0 amide bonds. The molecule has 1 saturated carbocycles. The molecule has 0 N–H and O–H groups in total. The van der Waals surface area contributed by atoms with Crippen LogP contribution in [0.5, 0.6) is 0 Å². The predicted octanol–water partition coefficient (Wildman–Crippen LogP) is 1.67. The zero-order valence-corrected chi connectivity index (χ0v) is 10.3. The van der Waals surface area contributed by atoms with Gasteiger partial charge in [-0.3, -0.25) is 4.68 Å². The molecular formula is C12H18N2O3. The standard InChI is InChI=1S/C12H18N2O3/c1-14-11(8-17-9-5-3-4-6-9)10(7-13-14)12(15)16-2/h7,9H,3-6,8H2,1-2H3. The van der Waals surface area contributed by atoms with Crippen LogP contribution in [0.25, 0.3) is 0 Å². The lowest BCUT2D eigenvalue weighted by molar-refractivity contribution is 0.0398. The Balaban J connectivity index is 2.03. The lowest BCUT2D eigenvalue weighted by Gasteiger charge is -2.12. The fourth-order valence-corrected chi connectivity index (χ4v) is 2.17. The van der Waals surface area contributed by atoms with Crippen LogP contribution in [0.3, 0.4) is 0 Å². The van der Waals surface area contributed by atoms with Crippen molar-refractivity contribution in [3.05, 3.63) is 17.5 Å². The molecule has 0 atom stereocenters. The summed E-state index contributed by atoms with van der Waals surface area (Å²) < 4.78 is 12.2. The Labute approximate surface area is 101 Å². The van der Waals surface area contributed by atoms with Crippen LogP contribution < -0.4 is 0 Å². The van der Waals surface area contributed by atoms with Gasteiger partial charge in [0, 0.05) is 7.05 Å². The Morgan fingerprint density at radius 2 is 2.24 bits per heavy atom. The summed E-state index contributed by atoms with van der Waals surface area (Å²) in [6.07, 6.45) is 6.56. The molecule has 0 aliphatic heterocycles. The van der Waals surface area contributed by atoms with Gasteiger partial charge in [0.15, 0.2) is 0 Å². The topological polar surface area (TPSA) is 53.3 Å². The number of aryl methyl sites for hydroxylation is 1. The number of carbonyl (C=O) groups is 1. The second-order valence-corrected chi connectivity index (χ2v) is 4.34. The van der Waals surface area contributed by atoms with Crippen molar-refractivity contribution in [1.82, 2.24) is 9.78 Å². The Hall–Kier alpha value is -1.36. The van der Waals surface area contributed by atoms with Gasteiger partial charge in [-0.15, -0.1) is 0 Å². The van der Waals surface area contributed by atoms with E-state index in [9.17, 15) is 4.79 Å². The van der Waals surface area contributed by atoms with Gasteiger partial charge in [0.1, 0.15) is 5.56 Å². The number of esters is 1. The van der Waals surface area contributed by atoms with E-state index in [0.29, 0.717) is 18.3 Å². The van der Waals surface area contributed by atoms with E-state index >= 15 is 0 Å². The first-order chi connectivity index (χ1) is 8.22. The van der Waals surface area contributed by atoms with Gasteiger partial charge in [0.25, 0.3) is 0 Å². The van der Waals surface area contributed by atoms with E-state index in [4.69, 9.17) is 9.47 Å². The molecule has 5 heteroatoms. The second kappa shape index (κ2) is 5.31. The van der Waals surface area contributed by atoms with Gasteiger partial charge >= 0.3 is 5.97 Å². The zero-order chi connectivity index (χ0) is 12.3. The number of hydrogen-bond donors (Lipinski definition) is 0. The van der Waals surface area contributed by atoms with E-state index in [0.717, 1.165) is 18.5 Å². The van der Waals surface area contributed by atoms with Crippen LogP contribution in [-0.4, -0.2) is 29.0 Å². The summed E-state index contributed by atoms with van der Waals surface area (Å²) in [5.74, 6) is -0.358. The molecule has 0 aromatic carbocycles. The summed E-state index contributed by atoms with van der Waals surface area (Å²) in [5, 5.41) is 4.07. The SMILES string of the molecule is COC(=O)c1cnn(C)c1COC1CCCC1. The van der Waals surface area contributed by atoms with Gasteiger partial charge in [0.2, 0.25) is 0 Å². The van der Waals surface area contributed by atoms with Crippen LogP contribution in [0.1, 0.15) is 41.7 Å². The third-order valence-corrected chi connectivity index (χ3v) is 3.22. The second-order valence-electron chi connectivity index (χ2n) is 4.34. The number of rotatable bonds is 4. The molecule has 94 valence electrons. The third kappa shape index (κ3) is 2.66. The molecule has 1 fully saturated rings. The monoisotopic (exact) mass is 238 g/mol. The molecule has 2 rings (SSSR count). The maximum Gasteiger partial charge on any atom is 0.341 e. The van der Waals surface area contributed by atoms with Crippen LogP contribution in [-0.2, 0) is 23.1 Å². The Bertz CT molecular complexity index is 394. The smallest absolute Gasteiger partial charge is 0.341 e. The van der Waals surface area contributed by atoms with Crippen molar-refractivity contribution in [2.45, 2.75) is 38.4 Å². The normalized spacial score (nSPS) is 16.4. The van der Waals surface area contributed by atoms with Gasteiger partial charge in [-0.05, 0) is 12.8 Å². The van der Waals surface area contributed by atoms with Gasteiger partial charge in [0.05, 0.1) is 31.7 Å². The molecule has 0 unspecified atom stereocenters. The first-order valence-corrected chi connectivity index (χ1v) is 5.93. The van der Waals surface area contributed by atoms with E-state index in [1.807, 2.05) is 0 Å². The lowest BCUT2D eigenvalue weighted by atomic mass is 10.2. The number of carbonyl (C=O) groups excluding carboxylic acids is 1. The number of nitrogens with zero attached hydrogens (tertiary/aromatic N) is 2. The van der Waals surface area contributed by atoms with Crippen LogP contribution in [0.4, 0.5) is 0 Å². The minimum Gasteiger partial charge on any atom is -0.465 e. The summed E-state index contributed by atoms with van der Waals surface area (Å²) in [4.78, 5) is 11.5. The summed E-state index contributed by atoms with van der Waals surface area (Å²) in [7, 11) is 3.18. The number of methoxy groups -OCH3 is 1.